The number of halogens is 1. The normalized spacial score (nSPS) is 14.1. The monoisotopic (exact) mass is 396 g/mol. The van der Waals surface area contributed by atoms with Crippen molar-refractivity contribution >= 4 is 11.7 Å². The van der Waals surface area contributed by atoms with E-state index in [1.54, 1.807) is 11.1 Å². The molecule has 9 heteroatoms. The van der Waals surface area contributed by atoms with E-state index < -0.39 is 0 Å². The van der Waals surface area contributed by atoms with Gasteiger partial charge in [-0.3, -0.25) is 9.36 Å². The van der Waals surface area contributed by atoms with Gasteiger partial charge in [-0.1, -0.05) is 0 Å². The zero-order chi connectivity index (χ0) is 20.2. The molecule has 1 saturated heterocycles. The van der Waals surface area contributed by atoms with E-state index in [1.807, 2.05) is 29.8 Å². The second-order valence-electron chi connectivity index (χ2n) is 6.70. The molecule has 0 aliphatic carbocycles. The molecule has 150 valence electrons. The Bertz CT molecular complexity index is 965. The van der Waals surface area contributed by atoms with Crippen LogP contribution in [0.3, 0.4) is 0 Å². The molecule has 0 saturated carbocycles. The van der Waals surface area contributed by atoms with Gasteiger partial charge in [0.05, 0.1) is 0 Å². The largest absolute Gasteiger partial charge is 0.484 e. The Morgan fingerprint density at radius 3 is 2.34 bits per heavy atom. The highest BCUT2D eigenvalue weighted by molar-refractivity contribution is 5.78. The van der Waals surface area contributed by atoms with Crippen molar-refractivity contribution < 1.29 is 13.9 Å². The van der Waals surface area contributed by atoms with Crippen LogP contribution in [-0.4, -0.2) is 63.3 Å². The van der Waals surface area contributed by atoms with Crippen LogP contribution in [0.5, 0.6) is 5.75 Å². The van der Waals surface area contributed by atoms with Crippen molar-refractivity contribution in [3.05, 3.63) is 60.4 Å². The molecule has 0 radical (unpaired) electrons. The first-order valence-electron chi connectivity index (χ1n) is 9.35. The van der Waals surface area contributed by atoms with Gasteiger partial charge in [-0.25, -0.2) is 9.37 Å². The number of nitrogens with zero attached hydrogens (tertiary/aromatic N) is 6. The molecule has 3 heterocycles. The average Bonchev–Trinajstić information content (AvgIpc) is 3.19. The molecule has 3 aromatic rings. The van der Waals surface area contributed by atoms with Gasteiger partial charge in [0, 0.05) is 38.6 Å². The molecule has 1 aromatic carbocycles. The predicted octanol–water partition coefficient (Wildman–Crippen LogP) is 1.84. The number of amides is 1. The molecular formula is C20H21FN6O2. The van der Waals surface area contributed by atoms with E-state index in [4.69, 9.17) is 4.74 Å². The summed E-state index contributed by atoms with van der Waals surface area (Å²) >= 11 is 0. The SMILES string of the molecule is Cc1nccn1-c1ccc(N2CCN(C(=O)COc3ccc(F)cc3)CC2)nn1. The molecule has 0 unspecified atom stereocenters. The first-order valence-corrected chi connectivity index (χ1v) is 9.35. The Balaban J connectivity index is 1.29. The Morgan fingerprint density at radius 1 is 1.03 bits per heavy atom. The standard InChI is InChI=1S/C20H21FN6O2/c1-15-22-8-9-27(15)19-7-6-18(23-24-19)25-10-12-26(13-11-25)20(28)14-29-17-4-2-16(21)3-5-17/h2-9H,10-14H2,1H3. The Hall–Kier alpha value is -3.49. The lowest BCUT2D eigenvalue weighted by molar-refractivity contribution is -0.133. The number of aromatic nitrogens is 4. The molecule has 0 spiro atoms. The topological polar surface area (TPSA) is 76.4 Å². The number of carbonyl (C=O) groups excluding carboxylic acids is 1. The lowest BCUT2D eigenvalue weighted by Crippen LogP contribution is -2.50. The molecule has 29 heavy (non-hydrogen) atoms. The van der Waals surface area contributed by atoms with Crippen LogP contribution < -0.4 is 9.64 Å². The fourth-order valence-electron chi connectivity index (χ4n) is 3.19. The van der Waals surface area contributed by atoms with Crippen LogP contribution in [0.25, 0.3) is 5.82 Å². The van der Waals surface area contributed by atoms with Crippen molar-refractivity contribution in [3.8, 4) is 11.6 Å². The van der Waals surface area contributed by atoms with E-state index >= 15 is 0 Å². The molecule has 0 atom stereocenters. The summed E-state index contributed by atoms with van der Waals surface area (Å²) < 4.78 is 20.2. The number of anilines is 1. The minimum Gasteiger partial charge on any atom is -0.484 e. The molecule has 4 rings (SSSR count). The van der Waals surface area contributed by atoms with Crippen LogP contribution in [0, 0.1) is 12.7 Å². The number of hydrogen-bond acceptors (Lipinski definition) is 6. The Kier molecular flexibility index (Phi) is 5.37. The minimum absolute atomic E-state index is 0.0651. The van der Waals surface area contributed by atoms with Crippen molar-refractivity contribution in [3.63, 3.8) is 0 Å². The van der Waals surface area contributed by atoms with Crippen molar-refractivity contribution in [2.75, 3.05) is 37.7 Å². The zero-order valence-corrected chi connectivity index (χ0v) is 16.0. The van der Waals surface area contributed by atoms with E-state index in [1.165, 1.54) is 24.3 Å². The number of imidazole rings is 1. The zero-order valence-electron chi connectivity index (χ0n) is 16.0. The van der Waals surface area contributed by atoms with E-state index in [9.17, 15) is 9.18 Å². The van der Waals surface area contributed by atoms with Gasteiger partial charge < -0.3 is 14.5 Å². The van der Waals surface area contributed by atoms with Gasteiger partial charge in [0.1, 0.15) is 17.4 Å². The minimum atomic E-state index is -0.337. The fraction of sp³-hybridized carbons (Fsp3) is 0.300. The van der Waals surface area contributed by atoms with Gasteiger partial charge in [-0.05, 0) is 43.3 Å². The van der Waals surface area contributed by atoms with Crippen LogP contribution in [0.4, 0.5) is 10.2 Å². The second-order valence-corrected chi connectivity index (χ2v) is 6.70. The van der Waals surface area contributed by atoms with Crippen LogP contribution in [-0.2, 0) is 4.79 Å². The van der Waals surface area contributed by atoms with Gasteiger partial charge >= 0.3 is 0 Å². The number of piperazine rings is 1. The highest BCUT2D eigenvalue weighted by Crippen LogP contribution is 2.16. The van der Waals surface area contributed by atoms with Crippen LogP contribution in [0.15, 0.2) is 48.8 Å². The molecule has 1 amide bonds. The summed E-state index contributed by atoms with van der Waals surface area (Å²) in [6.45, 7) is 4.34. The predicted molar refractivity (Wildman–Crippen MR) is 105 cm³/mol. The Morgan fingerprint density at radius 2 is 1.72 bits per heavy atom. The van der Waals surface area contributed by atoms with Crippen molar-refractivity contribution in [2.24, 2.45) is 0 Å². The molecule has 0 bridgehead atoms. The van der Waals surface area contributed by atoms with Gasteiger partial charge in [0.2, 0.25) is 0 Å². The summed E-state index contributed by atoms with van der Waals surface area (Å²) in [5.74, 6) is 2.39. The summed E-state index contributed by atoms with van der Waals surface area (Å²) in [6.07, 6.45) is 3.57. The lowest BCUT2D eigenvalue weighted by Gasteiger charge is -2.35. The van der Waals surface area contributed by atoms with Crippen molar-refractivity contribution in [1.82, 2.24) is 24.6 Å². The summed E-state index contributed by atoms with van der Waals surface area (Å²) in [5, 5.41) is 8.61. The number of hydrogen-bond donors (Lipinski definition) is 0. The van der Waals surface area contributed by atoms with Crippen LogP contribution >= 0.6 is 0 Å². The van der Waals surface area contributed by atoms with Crippen LogP contribution in [0.1, 0.15) is 5.82 Å². The number of ether oxygens (including phenoxy) is 1. The third-order valence-corrected chi connectivity index (χ3v) is 4.84. The highest BCUT2D eigenvalue weighted by Gasteiger charge is 2.22. The maximum atomic E-state index is 12.9. The molecular weight excluding hydrogens is 375 g/mol. The highest BCUT2D eigenvalue weighted by atomic mass is 19.1. The number of rotatable bonds is 5. The van der Waals surface area contributed by atoms with Gasteiger partial charge in [0.15, 0.2) is 18.2 Å². The molecule has 8 nitrogen and oxygen atoms in total. The summed E-state index contributed by atoms with van der Waals surface area (Å²) in [6, 6.07) is 9.46. The molecule has 1 fully saturated rings. The van der Waals surface area contributed by atoms with E-state index in [2.05, 4.69) is 20.1 Å². The van der Waals surface area contributed by atoms with Crippen molar-refractivity contribution in [2.45, 2.75) is 6.92 Å². The van der Waals surface area contributed by atoms with Gasteiger partial charge in [-0.2, -0.15) is 0 Å². The van der Waals surface area contributed by atoms with Crippen LogP contribution in [0.2, 0.25) is 0 Å². The first-order chi connectivity index (χ1) is 14.1. The lowest BCUT2D eigenvalue weighted by atomic mass is 10.3. The number of aryl methyl sites for hydroxylation is 1. The van der Waals surface area contributed by atoms with E-state index in [0.29, 0.717) is 31.9 Å². The number of carbonyl (C=O) groups is 1. The van der Waals surface area contributed by atoms with Gasteiger partial charge in [0.25, 0.3) is 5.91 Å². The fourth-order valence-corrected chi connectivity index (χ4v) is 3.19. The third kappa shape index (κ3) is 4.34. The second kappa shape index (κ2) is 8.26. The average molecular weight is 396 g/mol. The third-order valence-electron chi connectivity index (χ3n) is 4.84. The van der Waals surface area contributed by atoms with Gasteiger partial charge in [-0.15, -0.1) is 10.2 Å². The smallest absolute Gasteiger partial charge is 0.260 e. The quantitative estimate of drug-likeness (QED) is 0.655. The summed E-state index contributed by atoms with van der Waals surface area (Å²) in [4.78, 5) is 20.4. The maximum Gasteiger partial charge on any atom is 0.260 e. The van der Waals surface area contributed by atoms with E-state index in [0.717, 1.165) is 17.5 Å². The van der Waals surface area contributed by atoms with E-state index in [-0.39, 0.29) is 18.3 Å². The summed E-state index contributed by atoms with van der Waals surface area (Å²) in [5.41, 5.74) is 0. The van der Waals surface area contributed by atoms with Crippen molar-refractivity contribution in [1.29, 1.82) is 0 Å². The number of benzene rings is 1. The Labute approximate surface area is 167 Å². The molecule has 1 aliphatic heterocycles. The summed E-state index contributed by atoms with van der Waals surface area (Å²) in [7, 11) is 0. The molecule has 0 N–H and O–H groups in total. The maximum absolute atomic E-state index is 12.9. The molecule has 1 aliphatic rings. The first kappa shape index (κ1) is 18.9. The molecule has 2 aromatic heterocycles.